The van der Waals surface area contributed by atoms with Gasteiger partial charge in [-0.2, -0.15) is 0 Å². The second-order valence-corrected chi connectivity index (χ2v) is 5.78. The molecule has 2 aromatic carbocycles. The maximum atomic E-state index is 12.4. The second kappa shape index (κ2) is 8.71. The van der Waals surface area contributed by atoms with Crippen LogP contribution in [0.25, 0.3) is 0 Å². The third-order valence-electron chi connectivity index (χ3n) is 4.01. The van der Waals surface area contributed by atoms with Gasteiger partial charge in [-0.1, -0.05) is 24.3 Å². The quantitative estimate of drug-likeness (QED) is 0.665. The molecule has 0 aliphatic carbocycles. The van der Waals surface area contributed by atoms with E-state index in [1.165, 1.54) is 0 Å². The molecule has 0 unspecified atom stereocenters. The molecule has 2 N–H and O–H groups in total. The number of rotatable bonds is 7. The number of aromatic nitrogens is 1. The van der Waals surface area contributed by atoms with Crippen molar-refractivity contribution in [3.8, 4) is 11.5 Å². The monoisotopic (exact) mass is 363 g/mol. The van der Waals surface area contributed by atoms with Gasteiger partial charge in [0.2, 0.25) is 0 Å². The summed E-state index contributed by atoms with van der Waals surface area (Å²) in [4.78, 5) is 16.7. The van der Waals surface area contributed by atoms with Gasteiger partial charge in [0.1, 0.15) is 17.3 Å². The van der Waals surface area contributed by atoms with Crippen LogP contribution in [0.4, 0.5) is 11.5 Å². The van der Waals surface area contributed by atoms with E-state index in [4.69, 9.17) is 9.47 Å². The van der Waals surface area contributed by atoms with Crippen molar-refractivity contribution in [2.24, 2.45) is 0 Å². The number of hydrogen-bond donors (Lipinski definition) is 2. The smallest absolute Gasteiger partial charge is 0.257 e. The lowest BCUT2D eigenvalue weighted by atomic mass is 10.2. The molecule has 0 fully saturated rings. The molecule has 0 saturated heterocycles. The third kappa shape index (κ3) is 4.76. The molecule has 0 atom stereocenters. The van der Waals surface area contributed by atoms with Crippen LogP contribution in [0.2, 0.25) is 0 Å². The van der Waals surface area contributed by atoms with E-state index in [9.17, 15) is 4.79 Å². The highest BCUT2D eigenvalue weighted by atomic mass is 16.5. The van der Waals surface area contributed by atoms with Crippen molar-refractivity contribution in [2.45, 2.75) is 6.54 Å². The van der Waals surface area contributed by atoms with E-state index in [0.717, 1.165) is 11.3 Å². The molecule has 0 bridgehead atoms. The van der Waals surface area contributed by atoms with Crippen LogP contribution in [-0.4, -0.2) is 25.1 Å². The predicted molar refractivity (Wildman–Crippen MR) is 106 cm³/mol. The molecule has 0 radical (unpaired) electrons. The predicted octanol–water partition coefficient (Wildman–Crippen LogP) is 3.96. The number of para-hydroxylation sites is 1. The minimum absolute atomic E-state index is 0.230. The highest BCUT2D eigenvalue weighted by Gasteiger charge is 2.08. The number of carbonyl (C=O) groups excluding carboxylic acids is 1. The van der Waals surface area contributed by atoms with E-state index in [2.05, 4.69) is 15.6 Å². The fourth-order valence-electron chi connectivity index (χ4n) is 2.57. The number of nitrogens with one attached hydrogen (secondary N) is 2. The Morgan fingerprint density at radius 3 is 2.59 bits per heavy atom. The first kappa shape index (κ1) is 18.3. The first-order valence-corrected chi connectivity index (χ1v) is 8.47. The first-order chi connectivity index (χ1) is 13.2. The zero-order valence-corrected chi connectivity index (χ0v) is 15.2. The average Bonchev–Trinajstić information content (AvgIpc) is 2.73. The Bertz CT molecular complexity index is 911. The highest BCUT2D eigenvalue weighted by molar-refractivity contribution is 6.04. The highest BCUT2D eigenvalue weighted by Crippen LogP contribution is 2.19. The molecule has 0 saturated carbocycles. The summed E-state index contributed by atoms with van der Waals surface area (Å²) in [7, 11) is 3.23. The molecule has 3 aromatic rings. The summed E-state index contributed by atoms with van der Waals surface area (Å²) in [6.45, 7) is 0.576. The van der Waals surface area contributed by atoms with Crippen LogP contribution in [0, 0.1) is 0 Å². The summed E-state index contributed by atoms with van der Waals surface area (Å²) in [5.41, 5.74) is 2.17. The summed E-state index contributed by atoms with van der Waals surface area (Å²) in [6, 6.07) is 18.5. The minimum Gasteiger partial charge on any atom is -0.497 e. The SMILES string of the molecule is COc1cccc(NC(=O)c2ccc(NCc3ccccc3OC)nc2)c1. The lowest BCUT2D eigenvalue weighted by Crippen LogP contribution is -2.12. The summed E-state index contributed by atoms with van der Waals surface area (Å²) >= 11 is 0. The maximum Gasteiger partial charge on any atom is 0.257 e. The van der Waals surface area contributed by atoms with Crippen molar-refractivity contribution in [2.75, 3.05) is 24.9 Å². The van der Waals surface area contributed by atoms with Crippen LogP contribution in [0.15, 0.2) is 66.9 Å². The second-order valence-electron chi connectivity index (χ2n) is 5.78. The van der Waals surface area contributed by atoms with Crippen LogP contribution in [0.3, 0.4) is 0 Å². The first-order valence-electron chi connectivity index (χ1n) is 8.47. The molecule has 3 rings (SSSR count). The van der Waals surface area contributed by atoms with Crippen LogP contribution in [0.5, 0.6) is 11.5 Å². The van der Waals surface area contributed by atoms with Gasteiger partial charge in [0.05, 0.1) is 19.8 Å². The van der Waals surface area contributed by atoms with Crippen molar-refractivity contribution >= 4 is 17.4 Å². The van der Waals surface area contributed by atoms with E-state index < -0.39 is 0 Å². The van der Waals surface area contributed by atoms with Crippen molar-refractivity contribution in [1.82, 2.24) is 4.98 Å². The zero-order chi connectivity index (χ0) is 19.1. The normalized spacial score (nSPS) is 10.1. The molecule has 138 valence electrons. The fraction of sp³-hybridized carbons (Fsp3) is 0.143. The Balaban J connectivity index is 1.61. The summed E-state index contributed by atoms with van der Waals surface area (Å²) in [6.07, 6.45) is 1.54. The zero-order valence-electron chi connectivity index (χ0n) is 15.2. The number of pyridine rings is 1. The van der Waals surface area contributed by atoms with Gasteiger partial charge in [-0.15, -0.1) is 0 Å². The van der Waals surface area contributed by atoms with Crippen molar-refractivity contribution in [1.29, 1.82) is 0 Å². The van der Waals surface area contributed by atoms with Gasteiger partial charge in [0.15, 0.2) is 0 Å². The number of anilines is 2. The van der Waals surface area contributed by atoms with Gasteiger partial charge in [0.25, 0.3) is 5.91 Å². The topological polar surface area (TPSA) is 72.5 Å². The van der Waals surface area contributed by atoms with Gasteiger partial charge in [0, 0.05) is 30.1 Å². The lowest BCUT2D eigenvalue weighted by Gasteiger charge is -2.10. The minimum atomic E-state index is -0.230. The number of nitrogens with zero attached hydrogens (tertiary/aromatic N) is 1. The van der Waals surface area contributed by atoms with Gasteiger partial charge < -0.3 is 20.1 Å². The average molecular weight is 363 g/mol. The van der Waals surface area contributed by atoms with Crippen molar-refractivity contribution < 1.29 is 14.3 Å². The largest absolute Gasteiger partial charge is 0.497 e. The molecule has 1 aromatic heterocycles. The number of benzene rings is 2. The number of amides is 1. The van der Waals surface area contributed by atoms with Gasteiger partial charge in [-0.05, 0) is 30.3 Å². The molecule has 27 heavy (non-hydrogen) atoms. The molecular weight excluding hydrogens is 342 g/mol. The van der Waals surface area contributed by atoms with Crippen LogP contribution in [0.1, 0.15) is 15.9 Å². The molecule has 0 aliphatic rings. The lowest BCUT2D eigenvalue weighted by molar-refractivity contribution is 0.102. The Labute approximate surface area is 158 Å². The Hall–Kier alpha value is -3.54. The van der Waals surface area contributed by atoms with Crippen molar-refractivity contribution in [3.05, 3.63) is 78.0 Å². The van der Waals surface area contributed by atoms with Gasteiger partial charge in [-0.25, -0.2) is 4.98 Å². The summed E-state index contributed by atoms with van der Waals surface area (Å²) in [5.74, 6) is 1.95. The Morgan fingerprint density at radius 1 is 1.00 bits per heavy atom. The van der Waals surface area contributed by atoms with Gasteiger partial charge in [-0.3, -0.25) is 4.79 Å². The maximum absolute atomic E-state index is 12.4. The van der Waals surface area contributed by atoms with Gasteiger partial charge >= 0.3 is 0 Å². The molecule has 1 amide bonds. The van der Waals surface area contributed by atoms with Crippen LogP contribution >= 0.6 is 0 Å². The van der Waals surface area contributed by atoms with E-state index in [-0.39, 0.29) is 5.91 Å². The third-order valence-corrected chi connectivity index (χ3v) is 4.01. The van der Waals surface area contributed by atoms with Crippen LogP contribution in [-0.2, 0) is 6.54 Å². The summed E-state index contributed by atoms with van der Waals surface area (Å²) < 4.78 is 10.5. The molecule has 0 aliphatic heterocycles. The number of hydrogen-bond acceptors (Lipinski definition) is 5. The number of ether oxygens (including phenoxy) is 2. The molecule has 6 nitrogen and oxygen atoms in total. The number of methoxy groups -OCH3 is 2. The molecule has 1 heterocycles. The van der Waals surface area contributed by atoms with E-state index in [1.807, 2.05) is 36.4 Å². The Morgan fingerprint density at radius 2 is 1.85 bits per heavy atom. The Kier molecular flexibility index (Phi) is 5.89. The van der Waals surface area contributed by atoms with E-state index >= 15 is 0 Å². The van der Waals surface area contributed by atoms with E-state index in [1.54, 1.807) is 44.7 Å². The number of carbonyl (C=O) groups is 1. The molecule has 6 heteroatoms. The summed E-state index contributed by atoms with van der Waals surface area (Å²) in [5, 5.41) is 6.06. The van der Waals surface area contributed by atoms with E-state index in [0.29, 0.717) is 29.4 Å². The van der Waals surface area contributed by atoms with Crippen molar-refractivity contribution in [3.63, 3.8) is 0 Å². The van der Waals surface area contributed by atoms with Crippen LogP contribution < -0.4 is 20.1 Å². The molecule has 0 spiro atoms. The fourth-order valence-corrected chi connectivity index (χ4v) is 2.57. The standard InChI is InChI=1S/C21H21N3O3/c1-26-18-8-5-7-17(12-18)24-21(25)16-10-11-20(23-14-16)22-13-15-6-3-4-9-19(15)27-2/h3-12,14H,13H2,1-2H3,(H,22,23)(H,24,25). The molecular formula is C21H21N3O3.